The average Bonchev–Trinajstić information content (AvgIpc) is 2.30. The fourth-order valence-electron chi connectivity index (χ4n) is 1.05. The number of anilines is 1. The second kappa shape index (κ2) is 5.80. The number of hydrogen-bond donors (Lipinski definition) is 3. The Morgan fingerprint density at radius 1 is 1.65 bits per heavy atom. The highest BCUT2D eigenvalue weighted by Gasteiger charge is 2.18. The molecule has 0 saturated carbocycles. The fourth-order valence-corrected chi connectivity index (χ4v) is 1.66. The SMILES string of the molecule is CC(C(=O)Nc1ccc(F)cc1I)C(N)=NO. The number of nitrogens with zero attached hydrogens (tertiary/aromatic N) is 1. The first-order chi connectivity index (χ1) is 7.95. The van der Waals surface area contributed by atoms with Gasteiger partial charge in [0.05, 0.1) is 11.6 Å². The van der Waals surface area contributed by atoms with Crippen LogP contribution in [0, 0.1) is 15.3 Å². The molecule has 0 aliphatic heterocycles. The molecule has 0 heterocycles. The molecule has 0 radical (unpaired) electrons. The molecule has 7 heteroatoms. The van der Waals surface area contributed by atoms with E-state index in [1.165, 1.54) is 25.1 Å². The lowest BCUT2D eigenvalue weighted by Gasteiger charge is -2.11. The minimum Gasteiger partial charge on any atom is -0.409 e. The first-order valence-corrected chi connectivity index (χ1v) is 5.77. The van der Waals surface area contributed by atoms with Gasteiger partial charge in [-0.3, -0.25) is 4.79 Å². The predicted octanol–water partition coefficient (Wildman–Crippen LogP) is 1.75. The van der Waals surface area contributed by atoms with E-state index < -0.39 is 11.8 Å². The summed E-state index contributed by atoms with van der Waals surface area (Å²) in [6, 6.07) is 3.99. The molecule has 4 N–H and O–H groups in total. The molecule has 5 nitrogen and oxygen atoms in total. The average molecular weight is 351 g/mol. The minimum absolute atomic E-state index is 0.181. The summed E-state index contributed by atoms with van der Waals surface area (Å²) in [4.78, 5) is 11.7. The van der Waals surface area contributed by atoms with Crippen LogP contribution in [0.3, 0.4) is 0 Å². The number of amides is 1. The van der Waals surface area contributed by atoms with Crippen molar-refractivity contribution in [2.45, 2.75) is 6.92 Å². The molecule has 0 aliphatic rings. The molecule has 17 heavy (non-hydrogen) atoms. The molecule has 0 saturated heterocycles. The molecular formula is C10H11FIN3O2. The van der Waals surface area contributed by atoms with Crippen molar-refractivity contribution in [1.82, 2.24) is 0 Å². The van der Waals surface area contributed by atoms with Gasteiger partial charge in [-0.2, -0.15) is 0 Å². The third-order valence-corrected chi connectivity index (χ3v) is 3.03. The van der Waals surface area contributed by atoms with Crippen LogP contribution in [0.4, 0.5) is 10.1 Å². The first-order valence-electron chi connectivity index (χ1n) is 4.69. The highest BCUT2D eigenvalue weighted by atomic mass is 127. The molecule has 1 aromatic rings. The molecular weight excluding hydrogens is 340 g/mol. The number of nitrogens with two attached hydrogens (primary N) is 1. The second-order valence-corrected chi connectivity index (χ2v) is 4.52. The number of amidine groups is 1. The van der Waals surface area contributed by atoms with Crippen molar-refractivity contribution >= 4 is 40.0 Å². The second-order valence-electron chi connectivity index (χ2n) is 3.36. The van der Waals surface area contributed by atoms with Gasteiger partial charge in [0.15, 0.2) is 5.84 Å². The third kappa shape index (κ3) is 3.55. The molecule has 1 amide bonds. The molecule has 0 spiro atoms. The topological polar surface area (TPSA) is 87.7 Å². The summed E-state index contributed by atoms with van der Waals surface area (Å²) in [5.41, 5.74) is 5.79. The summed E-state index contributed by atoms with van der Waals surface area (Å²) in [7, 11) is 0. The van der Waals surface area contributed by atoms with Crippen LogP contribution in [0.2, 0.25) is 0 Å². The number of rotatable bonds is 3. The Bertz CT molecular complexity index is 465. The Labute approximate surface area is 111 Å². The van der Waals surface area contributed by atoms with Gasteiger partial charge in [0.2, 0.25) is 5.91 Å². The van der Waals surface area contributed by atoms with Gasteiger partial charge in [-0.15, -0.1) is 0 Å². The van der Waals surface area contributed by atoms with Crippen LogP contribution in [-0.2, 0) is 4.79 Å². The maximum Gasteiger partial charge on any atom is 0.234 e. The van der Waals surface area contributed by atoms with E-state index in [2.05, 4.69) is 10.5 Å². The quantitative estimate of drug-likeness (QED) is 0.255. The summed E-state index contributed by atoms with van der Waals surface area (Å²) >= 11 is 1.90. The van der Waals surface area contributed by atoms with E-state index in [1.54, 1.807) is 0 Å². The normalized spacial score (nSPS) is 13.2. The van der Waals surface area contributed by atoms with Crippen LogP contribution in [0.1, 0.15) is 6.92 Å². The number of oxime groups is 1. The van der Waals surface area contributed by atoms with E-state index in [0.717, 1.165) is 0 Å². The third-order valence-electron chi connectivity index (χ3n) is 2.14. The van der Waals surface area contributed by atoms with Gasteiger partial charge in [0.1, 0.15) is 5.82 Å². The molecule has 1 unspecified atom stereocenters. The zero-order chi connectivity index (χ0) is 13.0. The van der Waals surface area contributed by atoms with Gasteiger partial charge < -0.3 is 16.3 Å². The van der Waals surface area contributed by atoms with Crippen molar-refractivity contribution in [2.75, 3.05) is 5.32 Å². The van der Waals surface area contributed by atoms with Crippen molar-refractivity contribution in [3.8, 4) is 0 Å². The zero-order valence-corrected chi connectivity index (χ0v) is 11.1. The molecule has 0 aliphatic carbocycles. The molecule has 1 rings (SSSR count). The van der Waals surface area contributed by atoms with Crippen molar-refractivity contribution in [3.63, 3.8) is 0 Å². The lowest BCUT2D eigenvalue weighted by atomic mass is 10.1. The van der Waals surface area contributed by atoms with Crippen LogP contribution >= 0.6 is 22.6 Å². The van der Waals surface area contributed by atoms with E-state index in [-0.39, 0.29) is 11.7 Å². The maximum atomic E-state index is 12.8. The van der Waals surface area contributed by atoms with Gasteiger partial charge in [-0.05, 0) is 47.7 Å². The highest BCUT2D eigenvalue weighted by molar-refractivity contribution is 14.1. The lowest BCUT2D eigenvalue weighted by molar-refractivity contribution is -0.117. The number of halogens is 2. The first kappa shape index (κ1) is 13.7. The summed E-state index contributed by atoms with van der Waals surface area (Å²) in [6.07, 6.45) is 0. The Morgan fingerprint density at radius 3 is 2.82 bits per heavy atom. The molecule has 0 fully saturated rings. The molecule has 92 valence electrons. The molecule has 1 atom stereocenters. The van der Waals surface area contributed by atoms with E-state index >= 15 is 0 Å². The summed E-state index contributed by atoms with van der Waals surface area (Å²) < 4.78 is 13.4. The van der Waals surface area contributed by atoms with Gasteiger partial charge in [0, 0.05) is 3.57 Å². The lowest BCUT2D eigenvalue weighted by Crippen LogP contribution is -2.32. The smallest absolute Gasteiger partial charge is 0.234 e. The molecule has 0 bridgehead atoms. The predicted molar refractivity (Wildman–Crippen MR) is 70.3 cm³/mol. The summed E-state index contributed by atoms with van der Waals surface area (Å²) in [6.45, 7) is 1.50. The summed E-state index contributed by atoms with van der Waals surface area (Å²) in [5.74, 6) is -1.75. The minimum atomic E-state index is -0.763. The Balaban J connectivity index is 2.81. The highest BCUT2D eigenvalue weighted by Crippen LogP contribution is 2.19. The number of carbonyl (C=O) groups is 1. The zero-order valence-electron chi connectivity index (χ0n) is 8.95. The van der Waals surface area contributed by atoms with Crippen molar-refractivity contribution in [3.05, 3.63) is 27.6 Å². The van der Waals surface area contributed by atoms with Crippen LogP contribution < -0.4 is 11.1 Å². The van der Waals surface area contributed by atoms with E-state index in [0.29, 0.717) is 9.26 Å². The number of carbonyl (C=O) groups excluding carboxylic acids is 1. The van der Waals surface area contributed by atoms with E-state index in [4.69, 9.17) is 10.9 Å². The fraction of sp³-hybridized carbons (Fsp3) is 0.200. The van der Waals surface area contributed by atoms with Gasteiger partial charge in [0.25, 0.3) is 0 Å². The number of hydrogen-bond acceptors (Lipinski definition) is 3. The van der Waals surface area contributed by atoms with Crippen LogP contribution in [0.25, 0.3) is 0 Å². The maximum absolute atomic E-state index is 12.8. The van der Waals surface area contributed by atoms with Crippen LogP contribution in [0.5, 0.6) is 0 Å². The van der Waals surface area contributed by atoms with Crippen LogP contribution in [-0.4, -0.2) is 17.0 Å². The van der Waals surface area contributed by atoms with Gasteiger partial charge >= 0.3 is 0 Å². The summed E-state index contributed by atoms with van der Waals surface area (Å²) in [5, 5.41) is 13.8. The molecule has 0 aromatic heterocycles. The van der Waals surface area contributed by atoms with Gasteiger partial charge in [-0.25, -0.2) is 4.39 Å². The Kier molecular flexibility index (Phi) is 4.67. The van der Waals surface area contributed by atoms with E-state index in [1.807, 2.05) is 22.6 Å². The molecule has 1 aromatic carbocycles. The van der Waals surface area contributed by atoms with Gasteiger partial charge in [-0.1, -0.05) is 5.16 Å². The number of benzene rings is 1. The standard InChI is InChI=1S/C10H11FIN3O2/c1-5(9(13)15-17)10(16)14-8-3-2-6(11)4-7(8)12/h2-5,17H,1H3,(H2,13,15)(H,14,16). The van der Waals surface area contributed by atoms with E-state index in [9.17, 15) is 9.18 Å². The van der Waals surface area contributed by atoms with Crippen molar-refractivity contribution in [1.29, 1.82) is 0 Å². The van der Waals surface area contributed by atoms with Crippen molar-refractivity contribution < 1.29 is 14.4 Å². The Morgan fingerprint density at radius 2 is 2.29 bits per heavy atom. The number of nitrogens with one attached hydrogen (secondary N) is 1. The Hall–Kier alpha value is -1.38. The van der Waals surface area contributed by atoms with Crippen LogP contribution in [0.15, 0.2) is 23.4 Å². The largest absolute Gasteiger partial charge is 0.409 e. The van der Waals surface area contributed by atoms with Crippen molar-refractivity contribution in [2.24, 2.45) is 16.8 Å². The monoisotopic (exact) mass is 351 g/mol.